The van der Waals surface area contributed by atoms with Crippen molar-refractivity contribution in [3.63, 3.8) is 0 Å². The first-order valence-electron chi connectivity index (χ1n) is 6.52. The van der Waals surface area contributed by atoms with Crippen molar-refractivity contribution in [3.05, 3.63) is 28.3 Å². The molecule has 0 saturated carbocycles. The fourth-order valence-electron chi connectivity index (χ4n) is 1.95. The summed E-state index contributed by atoms with van der Waals surface area (Å²) in [5.41, 5.74) is 2.61. The van der Waals surface area contributed by atoms with Crippen LogP contribution in [0.25, 0.3) is 0 Å². The highest BCUT2D eigenvalue weighted by Crippen LogP contribution is 2.19. The fraction of sp³-hybridized carbons (Fsp3) is 0.462. The minimum atomic E-state index is -0.0735. The van der Waals surface area contributed by atoms with Crippen molar-refractivity contribution in [2.24, 2.45) is 0 Å². The molecule has 21 heavy (non-hydrogen) atoms. The van der Waals surface area contributed by atoms with Crippen LogP contribution in [0.2, 0.25) is 0 Å². The summed E-state index contributed by atoms with van der Waals surface area (Å²) < 4.78 is 9.37. The summed E-state index contributed by atoms with van der Waals surface area (Å²) in [5, 5.41) is 11.2. The van der Waals surface area contributed by atoms with Gasteiger partial charge in [-0.15, -0.1) is 0 Å². The number of hydrogen-bond donors (Lipinski definition) is 1. The zero-order valence-electron chi connectivity index (χ0n) is 12.3. The van der Waals surface area contributed by atoms with E-state index in [0.717, 1.165) is 15.9 Å². The van der Waals surface area contributed by atoms with Crippen molar-refractivity contribution in [2.45, 2.75) is 33.5 Å². The number of aryl methyl sites for hydroxylation is 2. The lowest BCUT2D eigenvalue weighted by Crippen LogP contribution is -2.15. The van der Waals surface area contributed by atoms with Crippen LogP contribution >= 0.6 is 15.9 Å². The minimum absolute atomic E-state index is 0.0735. The van der Waals surface area contributed by atoms with Crippen LogP contribution in [0.1, 0.15) is 17.8 Å². The Morgan fingerprint density at radius 1 is 1.48 bits per heavy atom. The van der Waals surface area contributed by atoms with Crippen molar-refractivity contribution in [1.29, 1.82) is 0 Å². The van der Waals surface area contributed by atoms with Gasteiger partial charge in [0.2, 0.25) is 5.91 Å². The van der Waals surface area contributed by atoms with Gasteiger partial charge in [0.25, 0.3) is 0 Å². The van der Waals surface area contributed by atoms with Gasteiger partial charge in [0.15, 0.2) is 0 Å². The van der Waals surface area contributed by atoms with Crippen molar-refractivity contribution in [1.82, 2.24) is 19.6 Å². The average molecular weight is 356 g/mol. The van der Waals surface area contributed by atoms with Crippen LogP contribution in [-0.2, 0) is 22.8 Å². The van der Waals surface area contributed by atoms with Gasteiger partial charge in [0.1, 0.15) is 6.73 Å². The number of nitrogens with zero attached hydrogens (tertiary/aromatic N) is 4. The molecule has 8 heteroatoms. The lowest BCUT2D eigenvalue weighted by Gasteiger charge is -2.05. The number of aromatic nitrogens is 4. The third-order valence-corrected chi connectivity index (χ3v) is 4.17. The van der Waals surface area contributed by atoms with E-state index in [1.54, 1.807) is 24.2 Å². The molecule has 114 valence electrons. The molecule has 1 amide bonds. The van der Waals surface area contributed by atoms with Crippen LogP contribution in [-0.4, -0.2) is 32.6 Å². The standard InChI is InChI=1S/C13H18BrN5O2/c1-9-13(14)10(2)19(17-9)5-4-12(20)16-11-6-15-18(7-11)8-21-3/h6-7H,4-5,8H2,1-3H3,(H,16,20). The van der Waals surface area contributed by atoms with E-state index in [1.165, 1.54) is 0 Å². The molecule has 7 nitrogen and oxygen atoms in total. The average Bonchev–Trinajstić information content (AvgIpc) is 2.97. The lowest BCUT2D eigenvalue weighted by molar-refractivity contribution is -0.116. The van der Waals surface area contributed by atoms with Gasteiger partial charge in [-0.2, -0.15) is 10.2 Å². The first kappa shape index (κ1) is 15.7. The van der Waals surface area contributed by atoms with Crippen molar-refractivity contribution in [2.75, 3.05) is 12.4 Å². The smallest absolute Gasteiger partial charge is 0.226 e. The van der Waals surface area contributed by atoms with E-state index >= 15 is 0 Å². The topological polar surface area (TPSA) is 74.0 Å². The predicted octanol–water partition coefficient (Wildman–Crippen LogP) is 2.09. The predicted molar refractivity (Wildman–Crippen MR) is 81.9 cm³/mol. The molecule has 0 radical (unpaired) electrons. The second kappa shape index (κ2) is 6.86. The molecule has 2 heterocycles. The number of carbonyl (C=O) groups is 1. The SMILES string of the molecule is COCn1cc(NC(=O)CCn2nc(C)c(Br)c2C)cn1. The number of carbonyl (C=O) groups excluding carboxylic acids is 1. The number of halogens is 1. The van der Waals surface area contributed by atoms with E-state index in [9.17, 15) is 4.79 Å². The van der Waals surface area contributed by atoms with E-state index in [0.29, 0.717) is 25.4 Å². The third kappa shape index (κ3) is 3.92. The molecule has 0 aromatic carbocycles. The third-order valence-electron chi connectivity index (χ3n) is 3.02. The molecule has 2 rings (SSSR count). The molecule has 1 N–H and O–H groups in total. The van der Waals surface area contributed by atoms with E-state index in [1.807, 2.05) is 18.5 Å². The zero-order chi connectivity index (χ0) is 15.4. The molecule has 0 aliphatic rings. The second-order valence-corrected chi connectivity index (χ2v) is 5.49. The second-order valence-electron chi connectivity index (χ2n) is 4.69. The highest BCUT2D eigenvalue weighted by atomic mass is 79.9. The Labute approximate surface area is 131 Å². The molecule has 0 bridgehead atoms. The molecule has 2 aromatic heterocycles. The number of hydrogen-bond acceptors (Lipinski definition) is 4. The number of nitrogens with one attached hydrogen (secondary N) is 1. The van der Waals surface area contributed by atoms with Crippen LogP contribution in [0.3, 0.4) is 0 Å². The van der Waals surface area contributed by atoms with Gasteiger partial charge >= 0.3 is 0 Å². The van der Waals surface area contributed by atoms with Gasteiger partial charge in [-0.05, 0) is 29.8 Å². The zero-order valence-corrected chi connectivity index (χ0v) is 13.8. The van der Waals surface area contributed by atoms with Gasteiger partial charge in [-0.25, -0.2) is 4.68 Å². The summed E-state index contributed by atoms with van der Waals surface area (Å²) in [4.78, 5) is 11.9. The highest BCUT2D eigenvalue weighted by Gasteiger charge is 2.10. The monoisotopic (exact) mass is 355 g/mol. The number of amides is 1. The van der Waals surface area contributed by atoms with Crippen molar-refractivity contribution in [3.8, 4) is 0 Å². The molecule has 0 saturated heterocycles. The van der Waals surface area contributed by atoms with Crippen molar-refractivity contribution >= 4 is 27.5 Å². The normalized spacial score (nSPS) is 10.9. The first-order valence-corrected chi connectivity index (χ1v) is 7.31. The van der Waals surface area contributed by atoms with Crippen LogP contribution in [0.5, 0.6) is 0 Å². The maximum absolute atomic E-state index is 11.9. The number of methoxy groups -OCH3 is 1. The Morgan fingerprint density at radius 3 is 2.86 bits per heavy atom. The first-order chi connectivity index (χ1) is 10.0. The lowest BCUT2D eigenvalue weighted by atomic mass is 10.3. The van der Waals surface area contributed by atoms with Gasteiger partial charge in [-0.3, -0.25) is 9.48 Å². The van der Waals surface area contributed by atoms with Gasteiger partial charge in [0.05, 0.1) is 34.8 Å². The van der Waals surface area contributed by atoms with Gasteiger partial charge in [0, 0.05) is 19.2 Å². The number of ether oxygens (including phenoxy) is 1. The van der Waals surface area contributed by atoms with Crippen LogP contribution in [0.15, 0.2) is 16.9 Å². The summed E-state index contributed by atoms with van der Waals surface area (Å²) in [5.74, 6) is -0.0735. The van der Waals surface area contributed by atoms with Crippen LogP contribution in [0.4, 0.5) is 5.69 Å². The van der Waals surface area contributed by atoms with E-state index in [4.69, 9.17) is 4.74 Å². The molecule has 0 fully saturated rings. The molecular formula is C13H18BrN5O2. The van der Waals surface area contributed by atoms with E-state index in [-0.39, 0.29) is 5.91 Å². The van der Waals surface area contributed by atoms with E-state index < -0.39 is 0 Å². The van der Waals surface area contributed by atoms with Gasteiger partial charge < -0.3 is 10.1 Å². The Morgan fingerprint density at radius 2 is 2.24 bits per heavy atom. The number of anilines is 1. The molecule has 0 atom stereocenters. The fourth-order valence-corrected chi connectivity index (χ4v) is 2.24. The van der Waals surface area contributed by atoms with Crippen LogP contribution < -0.4 is 5.32 Å². The summed E-state index contributed by atoms with van der Waals surface area (Å²) in [6.07, 6.45) is 3.67. The molecule has 0 aliphatic carbocycles. The molecule has 0 spiro atoms. The van der Waals surface area contributed by atoms with E-state index in [2.05, 4.69) is 31.4 Å². The summed E-state index contributed by atoms with van der Waals surface area (Å²) in [6, 6.07) is 0. The quantitative estimate of drug-likeness (QED) is 0.860. The Hall–Kier alpha value is -1.67. The Bertz CT molecular complexity index is 635. The minimum Gasteiger partial charge on any atom is -0.362 e. The molecule has 0 unspecified atom stereocenters. The maximum atomic E-state index is 11.9. The molecular weight excluding hydrogens is 338 g/mol. The Balaban J connectivity index is 1.88. The highest BCUT2D eigenvalue weighted by molar-refractivity contribution is 9.10. The molecule has 0 aliphatic heterocycles. The summed E-state index contributed by atoms with van der Waals surface area (Å²) >= 11 is 3.47. The van der Waals surface area contributed by atoms with Gasteiger partial charge in [-0.1, -0.05) is 0 Å². The van der Waals surface area contributed by atoms with Crippen molar-refractivity contribution < 1.29 is 9.53 Å². The molecule has 2 aromatic rings. The van der Waals surface area contributed by atoms with Crippen LogP contribution in [0, 0.1) is 13.8 Å². The Kier molecular flexibility index (Phi) is 5.13. The summed E-state index contributed by atoms with van der Waals surface area (Å²) in [6.45, 7) is 4.79. The maximum Gasteiger partial charge on any atom is 0.226 e. The largest absolute Gasteiger partial charge is 0.362 e. The number of rotatable bonds is 6. The summed E-state index contributed by atoms with van der Waals surface area (Å²) in [7, 11) is 1.59.